The number of hydrogen-bond donors (Lipinski definition) is 0. The van der Waals surface area contributed by atoms with Crippen LogP contribution >= 0.6 is 11.6 Å². The quantitative estimate of drug-likeness (QED) is 0.690. The van der Waals surface area contributed by atoms with Gasteiger partial charge in [-0.3, -0.25) is 4.18 Å². The predicted octanol–water partition coefficient (Wildman–Crippen LogP) is 4.96. The molecule has 0 saturated heterocycles. The highest BCUT2D eigenvalue weighted by atomic mass is 35.5. The lowest BCUT2D eigenvalue weighted by Gasteiger charge is -2.23. The van der Waals surface area contributed by atoms with E-state index in [4.69, 9.17) is 20.5 Å². The van der Waals surface area contributed by atoms with Gasteiger partial charge in [0, 0.05) is 22.6 Å². The molecule has 0 N–H and O–H groups in total. The van der Waals surface area contributed by atoms with Crippen LogP contribution < -0.4 is 4.74 Å². The van der Waals surface area contributed by atoms with Gasteiger partial charge in [0.1, 0.15) is 16.7 Å². The molecule has 1 heterocycles. The largest absolute Gasteiger partial charge is 0.485 e. The lowest BCUT2D eigenvalue weighted by Crippen LogP contribution is -2.14. The third-order valence-electron chi connectivity index (χ3n) is 4.60. The lowest BCUT2D eigenvalue weighted by molar-refractivity contribution is 0.230. The molecule has 0 radical (unpaired) electrons. The van der Waals surface area contributed by atoms with Crippen molar-refractivity contribution in [2.45, 2.75) is 50.5 Å². The van der Waals surface area contributed by atoms with Crippen molar-refractivity contribution < 1.29 is 17.3 Å². The van der Waals surface area contributed by atoms with E-state index in [1.807, 2.05) is 25.1 Å². The van der Waals surface area contributed by atoms with Crippen molar-refractivity contribution in [1.29, 1.82) is 0 Å². The lowest BCUT2D eigenvalue weighted by atomic mass is 9.85. The van der Waals surface area contributed by atoms with Crippen LogP contribution in [0.25, 0.3) is 0 Å². The van der Waals surface area contributed by atoms with Crippen molar-refractivity contribution in [3.05, 3.63) is 57.6 Å². The fraction of sp³-hybridized carbons (Fsp3) is 0.400. The first-order valence-corrected chi connectivity index (χ1v) is 10.2. The van der Waals surface area contributed by atoms with Crippen LogP contribution in [0.1, 0.15) is 49.1 Å². The Balaban J connectivity index is 2.11. The summed E-state index contributed by atoms with van der Waals surface area (Å²) in [6.45, 7) is 8.22. The normalized spacial score (nSPS) is 17.1. The summed E-state index contributed by atoms with van der Waals surface area (Å²) in [4.78, 5) is 0.145. The molecule has 0 spiro atoms. The van der Waals surface area contributed by atoms with Crippen LogP contribution in [0.2, 0.25) is 5.02 Å². The molecule has 1 aliphatic rings. The number of benzene rings is 2. The number of aryl methyl sites for hydroxylation is 1. The monoisotopic (exact) mass is 394 g/mol. The molecular weight excluding hydrogens is 372 g/mol. The van der Waals surface area contributed by atoms with Gasteiger partial charge >= 0.3 is 0 Å². The maximum absolute atomic E-state index is 12.3. The average molecular weight is 395 g/mol. The molecule has 6 heteroatoms. The summed E-state index contributed by atoms with van der Waals surface area (Å²) < 4.78 is 35.7. The van der Waals surface area contributed by atoms with Crippen molar-refractivity contribution in [3.63, 3.8) is 0 Å². The molecule has 3 rings (SSSR count). The van der Waals surface area contributed by atoms with E-state index in [2.05, 4.69) is 20.8 Å². The maximum atomic E-state index is 12.3. The van der Waals surface area contributed by atoms with Crippen LogP contribution in [0.15, 0.2) is 35.2 Å². The zero-order chi connectivity index (χ0) is 19.3. The number of fused-ring (bicyclic) bond motifs is 1. The molecule has 4 nitrogen and oxygen atoms in total. The van der Waals surface area contributed by atoms with Gasteiger partial charge in [-0.1, -0.05) is 50.1 Å². The molecule has 1 aliphatic heterocycles. The third-order valence-corrected chi connectivity index (χ3v) is 6.17. The van der Waals surface area contributed by atoms with Crippen LogP contribution in [0.5, 0.6) is 5.75 Å². The van der Waals surface area contributed by atoms with E-state index in [-0.39, 0.29) is 10.3 Å². The maximum Gasteiger partial charge on any atom is 0.297 e. The first-order chi connectivity index (χ1) is 12.0. The fourth-order valence-electron chi connectivity index (χ4n) is 3.29. The Kier molecular flexibility index (Phi) is 4.84. The molecule has 1 unspecified atom stereocenters. The van der Waals surface area contributed by atoms with Gasteiger partial charge < -0.3 is 4.74 Å². The standard InChI is InChI=1S/C20H23ClO4S/c1-12-6-7-18(26(22,23)24-5)15(8-12)17-10-13-9-14(21)11-16(19(13)25-17)20(2,3)4/h6-9,11,17H,10H2,1-5H3. The summed E-state index contributed by atoms with van der Waals surface area (Å²) in [5, 5.41) is 0.659. The van der Waals surface area contributed by atoms with Crippen molar-refractivity contribution in [2.24, 2.45) is 0 Å². The van der Waals surface area contributed by atoms with E-state index in [1.54, 1.807) is 12.1 Å². The minimum Gasteiger partial charge on any atom is -0.485 e. The summed E-state index contributed by atoms with van der Waals surface area (Å²) in [5.41, 5.74) is 3.45. The molecular formula is C20H23ClO4S. The van der Waals surface area contributed by atoms with E-state index in [0.29, 0.717) is 17.0 Å². The second-order valence-corrected chi connectivity index (χ2v) is 9.78. The van der Waals surface area contributed by atoms with Crippen molar-refractivity contribution in [3.8, 4) is 5.75 Å². The van der Waals surface area contributed by atoms with E-state index in [9.17, 15) is 8.42 Å². The van der Waals surface area contributed by atoms with E-state index in [1.165, 1.54) is 7.11 Å². The summed E-state index contributed by atoms with van der Waals surface area (Å²) in [6.07, 6.45) is 0.165. The molecule has 2 aromatic rings. The molecule has 1 atom stereocenters. The minimum atomic E-state index is -3.82. The zero-order valence-corrected chi connectivity index (χ0v) is 17.2. The van der Waals surface area contributed by atoms with Crippen LogP contribution in [0.3, 0.4) is 0 Å². The number of ether oxygens (including phenoxy) is 1. The Labute approximate surface area is 160 Å². The van der Waals surface area contributed by atoms with Gasteiger partial charge in [-0.05, 0) is 36.1 Å². The van der Waals surface area contributed by atoms with E-state index in [0.717, 1.165) is 22.4 Å². The van der Waals surface area contributed by atoms with Crippen molar-refractivity contribution in [2.75, 3.05) is 7.11 Å². The minimum absolute atomic E-state index is 0.141. The third kappa shape index (κ3) is 3.48. The predicted molar refractivity (Wildman–Crippen MR) is 103 cm³/mol. The second kappa shape index (κ2) is 6.55. The number of hydrogen-bond acceptors (Lipinski definition) is 4. The molecule has 0 amide bonds. The average Bonchev–Trinajstić information content (AvgIpc) is 2.96. The Morgan fingerprint density at radius 3 is 2.50 bits per heavy atom. The van der Waals surface area contributed by atoms with Gasteiger partial charge in [0.25, 0.3) is 10.1 Å². The molecule has 140 valence electrons. The first kappa shape index (κ1) is 19.2. The van der Waals surface area contributed by atoms with Crippen LogP contribution in [-0.4, -0.2) is 15.5 Å². The van der Waals surface area contributed by atoms with E-state index < -0.39 is 16.2 Å². The topological polar surface area (TPSA) is 52.6 Å². The molecule has 0 aliphatic carbocycles. The SMILES string of the molecule is COS(=O)(=O)c1ccc(C)cc1C1Cc2cc(Cl)cc(C(C)(C)C)c2O1. The summed E-state index contributed by atoms with van der Waals surface area (Å²) in [6, 6.07) is 9.00. The van der Waals surface area contributed by atoms with E-state index >= 15 is 0 Å². The summed E-state index contributed by atoms with van der Waals surface area (Å²) >= 11 is 6.31. The van der Waals surface area contributed by atoms with Crippen LogP contribution in [0, 0.1) is 6.92 Å². The first-order valence-electron chi connectivity index (χ1n) is 8.43. The van der Waals surface area contributed by atoms with Crippen LogP contribution in [-0.2, 0) is 26.1 Å². The van der Waals surface area contributed by atoms with Crippen molar-refractivity contribution >= 4 is 21.7 Å². The highest BCUT2D eigenvalue weighted by molar-refractivity contribution is 7.86. The molecule has 0 bridgehead atoms. The Morgan fingerprint density at radius 2 is 1.88 bits per heavy atom. The highest BCUT2D eigenvalue weighted by Crippen LogP contribution is 2.46. The van der Waals surface area contributed by atoms with Gasteiger partial charge in [-0.25, -0.2) is 0 Å². The van der Waals surface area contributed by atoms with Gasteiger partial charge in [-0.15, -0.1) is 0 Å². The summed E-state index contributed by atoms with van der Waals surface area (Å²) in [7, 11) is -2.66. The Hall–Kier alpha value is -1.56. The van der Waals surface area contributed by atoms with Crippen molar-refractivity contribution in [1.82, 2.24) is 0 Å². The van der Waals surface area contributed by atoms with Crippen LogP contribution in [0.4, 0.5) is 0 Å². The molecule has 2 aromatic carbocycles. The number of rotatable bonds is 3. The number of halogens is 1. The Morgan fingerprint density at radius 1 is 1.19 bits per heavy atom. The smallest absolute Gasteiger partial charge is 0.297 e. The Bertz CT molecular complexity index is 959. The zero-order valence-electron chi connectivity index (χ0n) is 15.6. The highest BCUT2D eigenvalue weighted by Gasteiger charge is 2.34. The molecule has 0 fully saturated rings. The molecule has 0 saturated carbocycles. The van der Waals surface area contributed by atoms with Gasteiger partial charge in [0.05, 0.1) is 7.11 Å². The van der Waals surface area contributed by atoms with Gasteiger partial charge in [-0.2, -0.15) is 8.42 Å². The van der Waals surface area contributed by atoms with Gasteiger partial charge in [0.15, 0.2) is 0 Å². The molecule has 26 heavy (non-hydrogen) atoms. The van der Waals surface area contributed by atoms with Gasteiger partial charge in [0.2, 0.25) is 0 Å². The summed E-state index contributed by atoms with van der Waals surface area (Å²) in [5.74, 6) is 0.800. The fourth-order valence-corrected chi connectivity index (χ4v) is 4.43. The second-order valence-electron chi connectivity index (χ2n) is 7.66. The molecule has 0 aromatic heterocycles.